The van der Waals surface area contributed by atoms with Gasteiger partial charge >= 0.3 is 0 Å². The minimum absolute atomic E-state index is 0.723. The number of hydrogen-bond acceptors (Lipinski definition) is 2. The molecule has 0 heterocycles. The van der Waals surface area contributed by atoms with E-state index in [4.69, 9.17) is 0 Å². The number of hydrogen-bond donors (Lipinski definition) is 1. The van der Waals surface area contributed by atoms with Gasteiger partial charge in [0.25, 0.3) is 0 Å². The Morgan fingerprint density at radius 3 is 2.78 bits per heavy atom. The van der Waals surface area contributed by atoms with Crippen molar-refractivity contribution in [2.24, 2.45) is 5.92 Å². The molecule has 1 fully saturated rings. The van der Waals surface area contributed by atoms with Crippen LogP contribution in [0.25, 0.3) is 0 Å². The minimum Gasteiger partial charge on any atom is -0.312 e. The van der Waals surface area contributed by atoms with Gasteiger partial charge in [-0.2, -0.15) is 0 Å². The molecule has 1 nitrogen and oxygen atoms in total. The van der Waals surface area contributed by atoms with Crippen molar-refractivity contribution in [3.8, 4) is 0 Å². The van der Waals surface area contributed by atoms with Gasteiger partial charge in [-0.05, 0) is 43.0 Å². The highest BCUT2D eigenvalue weighted by Gasteiger charge is 2.15. The minimum atomic E-state index is 0.723. The lowest BCUT2D eigenvalue weighted by Gasteiger charge is -2.11. The topological polar surface area (TPSA) is 12.0 Å². The van der Waals surface area contributed by atoms with Crippen molar-refractivity contribution in [2.45, 2.75) is 56.2 Å². The first kappa shape index (κ1) is 14.0. The van der Waals surface area contributed by atoms with Crippen molar-refractivity contribution in [3.63, 3.8) is 0 Å². The second-order valence-corrected chi connectivity index (χ2v) is 7.07. The van der Waals surface area contributed by atoms with E-state index in [1.807, 2.05) is 0 Å². The van der Waals surface area contributed by atoms with Gasteiger partial charge in [-0.1, -0.05) is 38.8 Å². The van der Waals surface area contributed by atoms with Crippen LogP contribution in [0.15, 0.2) is 29.2 Å². The fourth-order valence-electron chi connectivity index (χ4n) is 2.43. The van der Waals surface area contributed by atoms with Crippen molar-refractivity contribution in [1.82, 2.24) is 5.32 Å². The molecular formula is C16H25NS. The molecular weight excluding hydrogens is 238 g/mol. The standard InChI is InChI=1S/C16H25NS/c1-13(2)11-17-12-14-6-5-9-16(10-14)18-15-7-3-4-8-15/h5-6,9-10,13,15,17H,3-4,7-8,11-12H2,1-2H3. The first-order valence-electron chi connectivity index (χ1n) is 7.20. The van der Waals surface area contributed by atoms with E-state index in [0.717, 1.165) is 24.3 Å². The van der Waals surface area contributed by atoms with Crippen LogP contribution >= 0.6 is 11.8 Å². The zero-order chi connectivity index (χ0) is 12.8. The van der Waals surface area contributed by atoms with Gasteiger partial charge < -0.3 is 5.32 Å². The average Bonchev–Trinajstić information content (AvgIpc) is 2.82. The number of nitrogens with one attached hydrogen (secondary N) is 1. The van der Waals surface area contributed by atoms with Gasteiger partial charge in [0.05, 0.1) is 0 Å². The van der Waals surface area contributed by atoms with Gasteiger partial charge in [0.1, 0.15) is 0 Å². The molecule has 0 spiro atoms. The Balaban J connectivity index is 1.84. The molecule has 2 rings (SSSR count). The Hall–Kier alpha value is -0.470. The predicted octanol–water partition coefficient (Wildman–Crippen LogP) is 4.47. The van der Waals surface area contributed by atoms with Crippen LogP contribution < -0.4 is 5.32 Å². The average molecular weight is 263 g/mol. The summed E-state index contributed by atoms with van der Waals surface area (Å²) in [5, 5.41) is 4.38. The molecule has 18 heavy (non-hydrogen) atoms. The summed E-state index contributed by atoms with van der Waals surface area (Å²) in [6.07, 6.45) is 5.65. The van der Waals surface area contributed by atoms with E-state index < -0.39 is 0 Å². The van der Waals surface area contributed by atoms with E-state index in [1.165, 1.54) is 36.1 Å². The molecule has 0 radical (unpaired) electrons. The SMILES string of the molecule is CC(C)CNCc1cccc(SC2CCCC2)c1. The van der Waals surface area contributed by atoms with Crippen LogP contribution in [0.1, 0.15) is 45.1 Å². The lowest BCUT2D eigenvalue weighted by Crippen LogP contribution is -2.18. The molecule has 100 valence electrons. The molecule has 0 amide bonds. The Labute approximate surface area is 116 Å². The van der Waals surface area contributed by atoms with Gasteiger partial charge in [0.2, 0.25) is 0 Å². The Kier molecular flexibility index (Phi) is 5.58. The van der Waals surface area contributed by atoms with Crippen LogP contribution in [0.5, 0.6) is 0 Å². The summed E-state index contributed by atoms with van der Waals surface area (Å²) < 4.78 is 0. The van der Waals surface area contributed by atoms with E-state index in [9.17, 15) is 0 Å². The van der Waals surface area contributed by atoms with E-state index >= 15 is 0 Å². The maximum Gasteiger partial charge on any atom is 0.0206 e. The summed E-state index contributed by atoms with van der Waals surface area (Å²) in [6, 6.07) is 9.04. The van der Waals surface area contributed by atoms with Crippen molar-refractivity contribution in [3.05, 3.63) is 29.8 Å². The van der Waals surface area contributed by atoms with Crippen LogP contribution in [0.2, 0.25) is 0 Å². The smallest absolute Gasteiger partial charge is 0.0206 e. The van der Waals surface area contributed by atoms with Crippen molar-refractivity contribution < 1.29 is 0 Å². The predicted molar refractivity (Wildman–Crippen MR) is 81.1 cm³/mol. The normalized spacial score (nSPS) is 16.6. The van der Waals surface area contributed by atoms with Crippen LogP contribution in [-0.4, -0.2) is 11.8 Å². The van der Waals surface area contributed by atoms with Gasteiger partial charge in [-0.3, -0.25) is 0 Å². The second-order valence-electron chi connectivity index (χ2n) is 5.70. The molecule has 0 saturated heterocycles. The lowest BCUT2D eigenvalue weighted by molar-refractivity contribution is 0.552. The molecule has 1 saturated carbocycles. The zero-order valence-electron chi connectivity index (χ0n) is 11.6. The quantitative estimate of drug-likeness (QED) is 0.813. The first-order chi connectivity index (χ1) is 8.74. The second kappa shape index (κ2) is 7.20. The van der Waals surface area contributed by atoms with Crippen molar-refractivity contribution in [2.75, 3.05) is 6.54 Å². The van der Waals surface area contributed by atoms with Gasteiger partial charge in [0.15, 0.2) is 0 Å². The molecule has 1 aliphatic rings. The lowest BCUT2D eigenvalue weighted by atomic mass is 10.2. The summed E-state index contributed by atoms with van der Waals surface area (Å²) in [5.41, 5.74) is 1.42. The molecule has 1 aliphatic carbocycles. The molecule has 0 aromatic heterocycles. The van der Waals surface area contributed by atoms with Crippen molar-refractivity contribution in [1.29, 1.82) is 0 Å². The third kappa shape index (κ3) is 4.66. The molecule has 1 aromatic carbocycles. The maximum atomic E-state index is 3.51. The Morgan fingerprint density at radius 2 is 2.06 bits per heavy atom. The molecule has 1 N–H and O–H groups in total. The highest BCUT2D eigenvalue weighted by Crippen LogP contribution is 2.34. The van der Waals surface area contributed by atoms with E-state index in [0.29, 0.717) is 0 Å². The maximum absolute atomic E-state index is 3.51. The molecule has 0 bridgehead atoms. The van der Waals surface area contributed by atoms with Gasteiger partial charge in [0, 0.05) is 16.7 Å². The van der Waals surface area contributed by atoms with E-state index in [-0.39, 0.29) is 0 Å². The number of benzene rings is 1. The number of thioether (sulfide) groups is 1. The highest BCUT2D eigenvalue weighted by atomic mass is 32.2. The van der Waals surface area contributed by atoms with Gasteiger partial charge in [-0.15, -0.1) is 11.8 Å². The van der Waals surface area contributed by atoms with Gasteiger partial charge in [-0.25, -0.2) is 0 Å². The summed E-state index contributed by atoms with van der Waals surface area (Å²) >= 11 is 2.08. The summed E-state index contributed by atoms with van der Waals surface area (Å²) in [7, 11) is 0. The van der Waals surface area contributed by atoms with E-state index in [1.54, 1.807) is 0 Å². The zero-order valence-corrected chi connectivity index (χ0v) is 12.4. The third-order valence-electron chi connectivity index (χ3n) is 3.39. The summed E-state index contributed by atoms with van der Waals surface area (Å²) in [4.78, 5) is 1.45. The molecule has 2 heteroatoms. The number of rotatable bonds is 6. The monoisotopic (exact) mass is 263 g/mol. The highest BCUT2D eigenvalue weighted by molar-refractivity contribution is 8.00. The van der Waals surface area contributed by atoms with Crippen LogP contribution in [0.3, 0.4) is 0 Å². The molecule has 1 aromatic rings. The van der Waals surface area contributed by atoms with Crippen LogP contribution in [0, 0.1) is 5.92 Å². The summed E-state index contributed by atoms with van der Waals surface area (Å²) in [5.74, 6) is 0.723. The summed E-state index contributed by atoms with van der Waals surface area (Å²) in [6.45, 7) is 6.59. The van der Waals surface area contributed by atoms with Crippen molar-refractivity contribution >= 4 is 11.8 Å². The first-order valence-corrected chi connectivity index (χ1v) is 8.08. The largest absolute Gasteiger partial charge is 0.312 e. The third-order valence-corrected chi connectivity index (χ3v) is 4.72. The Bertz CT molecular complexity index is 356. The van der Waals surface area contributed by atoms with Crippen LogP contribution in [-0.2, 0) is 6.54 Å². The molecule has 0 aliphatic heterocycles. The van der Waals surface area contributed by atoms with E-state index in [2.05, 4.69) is 55.2 Å². The molecule has 0 unspecified atom stereocenters. The van der Waals surface area contributed by atoms with Crippen LogP contribution in [0.4, 0.5) is 0 Å². The Morgan fingerprint density at radius 1 is 1.28 bits per heavy atom. The molecule has 0 atom stereocenters. The fraction of sp³-hybridized carbons (Fsp3) is 0.625. The fourth-order valence-corrected chi connectivity index (χ4v) is 3.76.